The maximum absolute atomic E-state index is 12.9. The molecule has 0 bridgehead atoms. The van der Waals surface area contributed by atoms with E-state index in [2.05, 4.69) is 34.1 Å². The van der Waals surface area contributed by atoms with E-state index in [1.54, 1.807) is 7.05 Å². The maximum Gasteiger partial charge on any atom is 0.332 e. The second-order valence-corrected chi connectivity index (χ2v) is 8.29. The van der Waals surface area contributed by atoms with Gasteiger partial charge < -0.3 is 9.30 Å². The van der Waals surface area contributed by atoms with Crippen molar-refractivity contribution in [3.05, 3.63) is 62.6 Å². The van der Waals surface area contributed by atoms with Crippen LogP contribution >= 0.6 is 0 Å². The van der Waals surface area contributed by atoms with Crippen molar-refractivity contribution in [1.82, 2.24) is 28.5 Å². The van der Waals surface area contributed by atoms with Crippen molar-refractivity contribution in [3.8, 4) is 0 Å². The monoisotopic (exact) mass is 440 g/mol. The van der Waals surface area contributed by atoms with Crippen molar-refractivity contribution >= 4 is 11.2 Å². The van der Waals surface area contributed by atoms with Crippen LogP contribution in [0.3, 0.4) is 0 Å². The van der Waals surface area contributed by atoms with Gasteiger partial charge in [-0.05, 0) is 12.5 Å². The summed E-state index contributed by atoms with van der Waals surface area (Å²) in [5.74, 6) is 0.800. The van der Waals surface area contributed by atoms with E-state index in [1.807, 2.05) is 17.6 Å². The van der Waals surface area contributed by atoms with Gasteiger partial charge in [0.1, 0.15) is 5.82 Å². The summed E-state index contributed by atoms with van der Waals surface area (Å²) in [5, 5.41) is 0. The van der Waals surface area contributed by atoms with Crippen molar-refractivity contribution in [2.75, 3.05) is 39.4 Å². The van der Waals surface area contributed by atoms with Gasteiger partial charge in [0.2, 0.25) is 0 Å². The average Bonchev–Trinajstić information content (AvgIpc) is 3.16. The van der Waals surface area contributed by atoms with Crippen LogP contribution in [0, 0.1) is 0 Å². The molecule has 0 unspecified atom stereocenters. The number of aryl methyl sites for hydroxylation is 1. The van der Waals surface area contributed by atoms with Crippen LogP contribution in [0.5, 0.6) is 0 Å². The van der Waals surface area contributed by atoms with Crippen molar-refractivity contribution in [2.45, 2.75) is 26.6 Å². The Hall–Kier alpha value is -2.75. The molecule has 3 aromatic rings. The quantitative estimate of drug-likeness (QED) is 0.482. The molecule has 0 spiro atoms. The SMILES string of the molecule is CCOCCn1c(CN2CCN(Cc3ccccc3)CC2)nc2c1c(=O)n(C)c(=O)n2C. The molecule has 32 heavy (non-hydrogen) atoms. The largest absolute Gasteiger partial charge is 0.380 e. The summed E-state index contributed by atoms with van der Waals surface area (Å²) in [6, 6.07) is 10.5. The zero-order chi connectivity index (χ0) is 22.7. The van der Waals surface area contributed by atoms with Gasteiger partial charge in [-0.3, -0.25) is 23.7 Å². The zero-order valence-corrected chi connectivity index (χ0v) is 19.2. The first-order valence-electron chi connectivity index (χ1n) is 11.2. The summed E-state index contributed by atoms with van der Waals surface area (Å²) in [6.07, 6.45) is 0. The lowest BCUT2D eigenvalue weighted by Crippen LogP contribution is -2.45. The molecule has 1 aliphatic rings. The molecule has 0 saturated carbocycles. The van der Waals surface area contributed by atoms with Gasteiger partial charge in [-0.2, -0.15) is 0 Å². The van der Waals surface area contributed by atoms with Crippen LogP contribution in [-0.2, 0) is 38.5 Å². The summed E-state index contributed by atoms with van der Waals surface area (Å²) < 4.78 is 10.1. The highest BCUT2D eigenvalue weighted by atomic mass is 16.5. The van der Waals surface area contributed by atoms with Crippen molar-refractivity contribution in [2.24, 2.45) is 14.1 Å². The van der Waals surface area contributed by atoms with Crippen LogP contribution in [0.2, 0.25) is 0 Å². The smallest absolute Gasteiger partial charge is 0.332 e. The standard InChI is InChI=1S/C23H32N6O3/c1-4-32-15-14-29-19(24-21-20(29)22(30)26(3)23(31)25(21)2)17-28-12-10-27(11-13-28)16-18-8-6-5-7-9-18/h5-9H,4,10-17H2,1-3H3. The number of fused-ring (bicyclic) bond motifs is 1. The molecule has 0 amide bonds. The molecule has 4 rings (SSSR count). The van der Waals surface area contributed by atoms with Gasteiger partial charge in [0.15, 0.2) is 11.2 Å². The minimum absolute atomic E-state index is 0.314. The van der Waals surface area contributed by atoms with E-state index in [4.69, 9.17) is 9.72 Å². The van der Waals surface area contributed by atoms with Gasteiger partial charge in [-0.25, -0.2) is 9.78 Å². The molecule has 1 fully saturated rings. The zero-order valence-electron chi connectivity index (χ0n) is 19.2. The molecular formula is C23H32N6O3. The van der Waals surface area contributed by atoms with Crippen molar-refractivity contribution < 1.29 is 4.74 Å². The van der Waals surface area contributed by atoms with E-state index in [1.165, 1.54) is 17.2 Å². The Morgan fingerprint density at radius 3 is 2.25 bits per heavy atom. The molecular weight excluding hydrogens is 408 g/mol. The molecule has 0 radical (unpaired) electrons. The second-order valence-electron chi connectivity index (χ2n) is 8.29. The van der Waals surface area contributed by atoms with Crippen LogP contribution in [-0.4, -0.2) is 67.9 Å². The van der Waals surface area contributed by atoms with Crippen LogP contribution in [0.25, 0.3) is 11.2 Å². The molecule has 1 aliphatic heterocycles. The van der Waals surface area contributed by atoms with E-state index in [9.17, 15) is 9.59 Å². The fourth-order valence-corrected chi connectivity index (χ4v) is 4.30. The van der Waals surface area contributed by atoms with E-state index in [-0.39, 0.29) is 11.2 Å². The molecule has 1 aromatic carbocycles. The molecule has 9 heteroatoms. The van der Waals surface area contributed by atoms with E-state index >= 15 is 0 Å². The lowest BCUT2D eigenvalue weighted by atomic mass is 10.2. The first-order chi connectivity index (χ1) is 15.5. The molecule has 9 nitrogen and oxygen atoms in total. The molecule has 0 atom stereocenters. The summed E-state index contributed by atoms with van der Waals surface area (Å²) in [6.45, 7) is 9.00. The highest BCUT2D eigenvalue weighted by Gasteiger charge is 2.23. The lowest BCUT2D eigenvalue weighted by molar-refractivity contribution is 0.116. The summed E-state index contributed by atoms with van der Waals surface area (Å²) in [5.41, 5.74) is 1.55. The van der Waals surface area contributed by atoms with E-state index in [0.717, 1.165) is 43.1 Å². The molecule has 172 valence electrons. The van der Waals surface area contributed by atoms with Gasteiger partial charge >= 0.3 is 5.69 Å². The molecule has 0 aliphatic carbocycles. The Balaban J connectivity index is 1.54. The van der Waals surface area contributed by atoms with Crippen LogP contribution in [0.4, 0.5) is 0 Å². The summed E-state index contributed by atoms with van der Waals surface area (Å²) in [4.78, 5) is 34.9. The summed E-state index contributed by atoms with van der Waals surface area (Å²) in [7, 11) is 3.17. The Kier molecular flexibility index (Phi) is 6.88. The average molecular weight is 441 g/mol. The van der Waals surface area contributed by atoms with Crippen LogP contribution < -0.4 is 11.2 Å². The van der Waals surface area contributed by atoms with Crippen molar-refractivity contribution in [1.29, 1.82) is 0 Å². The number of benzene rings is 1. The number of hydrogen-bond acceptors (Lipinski definition) is 6. The minimum atomic E-state index is -0.363. The fraction of sp³-hybridized carbons (Fsp3) is 0.522. The van der Waals surface area contributed by atoms with Gasteiger partial charge in [0, 0.05) is 60.0 Å². The van der Waals surface area contributed by atoms with Gasteiger partial charge in [0.25, 0.3) is 5.56 Å². The second kappa shape index (κ2) is 9.81. The minimum Gasteiger partial charge on any atom is -0.380 e. The fourth-order valence-electron chi connectivity index (χ4n) is 4.30. The van der Waals surface area contributed by atoms with Gasteiger partial charge in [-0.1, -0.05) is 30.3 Å². The Morgan fingerprint density at radius 1 is 0.938 bits per heavy atom. The number of piperazine rings is 1. The predicted octanol–water partition coefficient (Wildman–Crippen LogP) is 0.788. The Labute approximate surface area is 187 Å². The summed E-state index contributed by atoms with van der Waals surface area (Å²) >= 11 is 0. The number of aromatic nitrogens is 4. The number of ether oxygens (including phenoxy) is 1. The third kappa shape index (κ3) is 4.55. The molecule has 2 aromatic heterocycles. The highest BCUT2D eigenvalue weighted by Crippen LogP contribution is 2.15. The lowest BCUT2D eigenvalue weighted by Gasteiger charge is -2.34. The predicted molar refractivity (Wildman–Crippen MR) is 124 cm³/mol. The number of nitrogens with zero attached hydrogens (tertiary/aromatic N) is 6. The van der Waals surface area contributed by atoms with E-state index < -0.39 is 0 Å². The first-order valence-corrected chi connectivity index (χ1v) is 11.2. The normalized spacial score (nSPS) is 15.6. The molecule has 3 heterocycles. The Bertz CT molecular complexity index is 1170. The third-order valence-corrected chi connectivity index (χ3v) is 6.17. The van der Waals surface area contributed by atoms with Gasteiger partial charge in [-0.15, -0.1) is 0 Å². The van der Waals surface area contributed by atoms with Crippen molar-refractivity contribution in [3.63, 3.8) is 0 Å². The topological polar surface area (TPSA) is 77.5 Å². The van der Waals surface area contributed by atoms with Crippen LogP contribution in [0.15, 0.2) is 39.9 Å². The third-order valence-electron chi connectivity index (χ3n) is 6.17. The highest BCUT2D eigenvalue weighted by molar-refractivity contribution is 5.71. The maximum atomic E-state index is 12.9. The van der Waals surface area contributed by atoms with E-state index in [0.29, 0.717) is 37.5 Å². The molecule has 0 N–H and O–H groups in total. The number of imidazole rings is 1. The van der Waals surface area contributed by atoms with Gasteiger partial charge in [0.05, 0.1) is 13.2 Å². The van der Waals surface area contributed by atoms with Crippen LogP contribution in [0.1, 0.15) is 18.3 Å². The Morgan fingerprint density at radius 2 is 1.59 bits per heavy atom. The number of hydrogen-bond donors (Lipinski definition) is 0. The molecule has 1 saturated heterocycles. The number of rotatable bonds is 8. The first kappa shape index (κ1) is 22.4.